The van der Waals surface area contributed by atoms with Crippen LogP contribution in [0.1, 0.15) is 28.6 Å². The summed E-state index contributed by atoms with van der Waals surface area (Å²) in [5.74, 6) is -1.23. The number of aryl methyl sites for hydroxylation is 2. The lowest BCUT2D eigenvalue weighted by Gasteiger charge is -2.13. The fourth-order valence-electron chi connectivity index (χ4n) is 1.98. The van der Waals surface area contributed by atoms with E-state index in [0.717, 1.165) is 16.8 Å². The van der Waals surface area contributed by atoms with Crippen LogP contribution in [0, 0.1) is 13.8 Å². The molecule has 4 heteroatoms. The molecule has 19 heavy (non-hydrogen) atoms. The van der Waals surface area contributed by atoms with Crippen LogP contribution in [-0.4, -0.2) is 21.0 Å². The van der Waals surface area contributed by atoms with Crippen molar-refractivity contribution < 1.29 is 9.90 Å². The van der Waals surface area contributed by atoms with Crippen LogP contribution in [0.5, 0.6) is 0 Å². The summed E-state index contributed by atoms with van der Waals surface area (Å²) in [6, 6.07) is 9.54. The van der Waals surface area contributed by atoms with E-state index in [1.54, 1.807) is 12.3 Å². The van der Waals surface area contributed by atoms with Crippen molar-refractivity contribution in [2.45, 2.75) is 26.2 Å². The molecule has 2 rings (SSSR count). The maximum absolute atomic E-state index is 11.4. The van der Waals surface area contributed by atoms with Crippen molar-refractivity contribution in [3.05, 3.63) is 59.2 Å². The van der Waals surface area contributed by atoms with Gasteiger partial charge in [-0.05, 0) is 37.5 Å². The largest absolute Gasteiger partial charge is 0.481 e. The normalized spacial score (nSPS) is 12.1. The fourth-order valence-corrected chi connectivity index (χ4v) is 1.98. The van der Waals surface area contributed by atoms with Gasteiger partial charge in [0.2, 0.25) is 0 Å². The molecule has 0 amide bonds. The number of aliphatic carboxylic acids is 1. The Morgan fingerprint density at radius 1 is 1.26 bits per heavy atom. The molecule has 2 aromatic rings. The monoisotopic (exact) mass is 256 g/mol. The van der Waals surface area contributed by atoms with Gasteiger partial charge in [-0.3, -0.25) is 4.79 Å². The molecule has 0 aliphatic rings. The van der Waals surface area contributed by atoms with E-state index < -0.39 is 11.9 Å². The van der Waals surface area contributed by atoms with Crippen molar-refractivity contribution in [2.24, 2.45) is 0 Å². The number of hydrogen-bond acceptors (Lipinski definition) is 3. The molecule has 98 valence electrons. The first-order valence-electron chi connectivity index (χ1n) is 6.15. The molecule has 4 nitrogen and oxygen atoms in total. The minimum atomic E-state index is -0.895. The molecule has 0 fully saturated rings. The second-order valence-corrected chi connectivity index (χ2v) is 4.58. The van der Waals surface area contributed by atoms with E-state index in [4.69, 9.17) is 0 Å². The van der Waals surface area contributed by atoms with Gasteiger partial charge >= 0.3 is 5.97 Å². The van der Waals surface area contributed by atoms with Gasteiger partial charge in [-0.25, -0.2) is 9.97 Å². The summed E-state index contributed by atoms with van der Waals surface area (Å²) in [6.45, 7) is 3.81. The van der Waals surface area contributed by atoms with E-state index in [1.165, 1.54) is 0 Å². The number of rotatable bonds is 4. The van der Waals surface area contributed by atoms with Crippen molar-refractivity contribution >= 4 is 5.97 Å². The molecule has 1 atom stereocenters. The number of benzene rings is 1. The first-order chi connectivity index (χ1) is 9.08. The zero-order valence-corrected chi connectivity index (χ0v) is 11.0. The Labute approximate surface area is 112 Å². The highest BCUT2D eigenvalue weighted by atomic mass is 16.4. The number of carboxylic acid groups (broad SMARTS) is 1. The third kappa shape index (κ3) is 3.16. The first kappa shape index (κ1) is 13.2. The molecule has 1 heterocycles. The van der Waals surface area contributed by atoms with Gasteiger partial charge in [-0.15, -0.1) is 0 Å². The second-order valence-electron chi connectivity index (χ2n) is 4.58. The Bertz CT molecular complexity index is 596. The molecule has 0 saturated carbocycles. The van der Waals surface area contributed by atoms with Crippen LogP contribution in [0.2, 0.25) is 0 Å². The molecule has 0 saturated heterocycles. The summed E-state index contributed by atoms with van der Waals surface area (Å²) in [4.78, 5) is 19.8. The van der Waals surface area contributed by atoms with Crippen LogP contribution in [-0.2, 0) is 11.2 Å². The lowest BCUT2D eigenvalue weighted by molar-refractivity contribution is -0.139. The molecule has 1 aromatic heterocycles. The summed E-state index contributed by atoms with van der Waals surface area (Å²) < 4.78 is 0. The number of aromatic nitrogens is 2. The highest BCUT2D eigenvalue weighted by molar-refractivity contribution is 5.75. The Hall–Kier alpha value is -2.23. The van der Waals surface area contributed by atoms with Crippen LogP contribution >= 0.6 is 0 Å². The van der Waals surface area contributed by atoms with Crippen molar-refractivity contribution in [2.75, 3.05) is 0 Å². The Morgan fingerprint density at radius 2 is 2.00 bits per heavy atom. The van der Waals surface area contributed by atoms with Crippen LogP contribution in [0.3, 0.4) is 0 Å². The smallest absolute Gasteiger partial charge is 0.314 e. The van der Waals surface area contributed by atoms with Gasteiger partial charge in [0.15, 0.2) is 0 Å². The maximum atomic E-state index is 11.4. The highest BCUT2D eigenvalue weighted by Gasteiger charge is 2.23. The van der Waals surface area contributed by atoms with E-state index in [9.17, 15) is 9.90 Å². The lowest BCUT2D eigenvalue weighted by atomic mass is 9.95. The van der Waals surface area contributed by atoms with Crippen LogP contribution in [0.15, 0.2) is 36.5 Å². The van der Waals surface area contributed by atoms with E-state index in [1.807, 2.05) is 38.1 Å². The molecular formula is C15H16N2O2. The van der Waals surface area contributed by atoms with Crippen molar-refractivity contribution in [3.8, 4) is 0 Å². The third-order valence-electron chi connectivity index (χ3n) is 3.11. The molecule has 0 aliphatic heterocycles. The summed E-state index contributed by atoms with van der Waals surface area (Å²) in [5.41, 5.74) is 2.88. The van der Waals surface area contributed by atoms with Gasteiger partial charge in [0, 0.05) is 11.9 Å². The average molecular weight is 256 g/mol. The minimum Gasteiger partial charge on any atom is -0.481 e. The van der Waals surface area contributed by atoms with E-state index in [2.05, 4.69) is 9.97 Å². The molecule has 0 radical (unpaired) electrons. The number of carboxylic acids is 1. The van der Waals surface area contributed by atoms with Crippen molar-refractivity contribution in [1.82, 2.24) is 9.97 Å². The zero-order valence-electron chi connectivity index (χ0n) is 11.0. The number of nitrogens with zero attached hydrogens (tertiary/aromatic N) is 2. The van der Waals surface area contributed by atoms with Crippen LogP contribution < -0.4 is 0 Å². The quantitative estimate of drug-likeness (QED) is 0.913. The molecule has 1 N–H and O–H groups in total. The van der Waals surface area contributed by atoms with Crippen molar-refractivity contribution in [3.63, 3.8) is 0 Å². The maximum Gasteiger partial charge on any atom is 0.314 e. The second kappa shape index (κ2) is 5.61. The topological polar surface area (TPSA) is 63.1 Å². The predicted molar refractivity (Wildman–Crippen MR) is 72.0 cm³/mol. The van der Waals surface area contributed by atoms with E-state index in [-0.39, 0.29) is 0 Å². The standard InChI is InChI=1S/C15H16N2O2/c1-10-5-3-4-6-12(10)9-13(15(18)19)14-16-8-7-11(2)17-14/h3-8,13H,9H2,1-2H3,(H,18,19). The third-order valence-corrected chi connectivity index (χ3v) is 3.11. The van der Waals surface area contributed by atoms with Gasteiger partial charge in [0.1, 0.15) is 11.7 Å². The average Bonchev–Trinajstić information content (AvgIpc) is 2.37. The molecule has 0 aliphatic carbocycles. The van der Waals surface area contributed by atoms with Gasteiger partial charge in [-0.1, -0.05) is 24.3 Å². The fraction of sp³-hybridized carbons (Fsp3) is 0.267. The SMILES string of the molecule is Cc1ccnc(C(Cc2ccccc2C)C(=O)O)n1. The molecule has 0 bridgehead atoms. The predicted octanol–water partition coefficient (Wildman–Crippen LogP) is 2.50. The molecule has 0 spiro atoms. The van der Waals surface area contributed by atoms with Gasteiger partial charge in [-0.2, -0.15) is 0 Å². The minimum absolute atomic E-state index is 0.371. The van der Waals surface area contributed by atoms with E-state index in [0.29, 0.717) is 12.2 Å². The van der Waals surface area contributed by atoms with Gasteiger partial charge < -0.3 is 5.11 Å². The highest BCUT2D eigenvalue weighted by Crippen LogP contribution is 2.20. The van der Waals surface area contributed by atoms with Crippen LogP contribution in [0.4, 0.5) is 0 Å². The Balaban J connectivity index is 2.32. The lowest BCUT2D eigenvalue weighted by Crippen LogP contribution is -2.18. The first-order valence-corrected chi connectivity index (χ1v) is 6.15. The van der Waals surface area contributed by atoms with Gasteiger partial charge in [0.25, 0.3) is 0 Å². The van der Waals surface area contributed by atoms with Crippen LogP contribution in [0.25, 0.3) is 0 Å². The summed E-state index contributed by atoms with van der Waals surface area (Å²) >= 11 is 0. The molecular weight excluding hydrogens is 240 g/mol. The summed E-state index contributed by atoms with van der Waals surface area (Å²) in [5, 5.41) is 9.39. The number of carbonyl (C=O) groups is 1. The van der Waals surface area contributed by atoms with Crippen molar-refractivity contribution in [1.29, 1.82) is 0 Å². The Morgan fingerprint density at radius 3 is 2.63 bits per heavy atom. The molecule has 1 unspecified atom stereocenters. The summed E-state index contributed by atoms with van der Waals surface area (Å²) in [6.07, 6.45) is 2.01. The summed E-state index contributed by atoms with van der Waals surface area (Å²) in [7, 11) is 0. The zero-order chi connectivity index (χ0) is 13.8. The number of hydrogen-bond donors (Lipinski definition) is 1. The Kier molecular flexibility index (Phi) is 3.90. The van der Waals surface area contributed by atoms with Gasteiger partial charge in [0.05, 0.1) is 0 Å². The van der Waals surface area contributed by atoms with E-state index >= 15 is 0 Å². The molecule has 1 aromatic carbocycles.